The van der Waals surface area contributed by atoms with Gasteiger partial charge in [-0.25, -0.2) is 4.90 Å². The molecule has 1 heterocycles. The fourth-order valence-corrected chi connectivity index (χ4v) is 3.91. The molecule has 2 aromatic rings. The van der Waals surface area contributed by atoms with E-state index in [1.54, 1.807) is 31.2 Å². The SMILES string of the molecule is C/C(=C1/SC(=O)N(c2ccc(Cl)c(C(F)(F)F)c2)C1=O)c1ccc(Br)cc1. The molecule has 1 saturated heterocycles. The van der Waals surface area contributed by atoms with Gasteiger partial charge in [-0.1, -0.05) is 39.7 Å². The number of hydrogen-bond acceptors (Lipinski definition) is 3. The van der Waals surface area contributed by atoms with Crippen molar-refractivity contribution in [1.82, 2.24) is 0 Å². The summed E-state index contributed by atoms with van der Waals surface area (Å²) < 4.78 is 40.1. The molecule has 0 aromatic heterocycles. The zero-order valence-electron chi connectivity index (χ0n) is 13.6. The fraction of sp³-hybridized carbons (Fsp3) is 0.111. The third kappa shape index (κ3) is 3.93. The van der Waals surface area contributed by atoms with Gasteiger partial charge in [0.15, 0.2) is 0 Å². The van der Waals surface area contributed by atoms with Crippen LogP contribution in [0.5, 0.6) is 0 Å². The van der Waals surface area contributed by atoms with E-state index in [9.17, 15) is 22.8 Å². The summed E-state index contributed by atoms with van der Waals surface area (Å²) in [7, 11) is 0. The lowest BCUT2D eigenvalue weighted by Crippen LogP contribution is -2.28. The maximum Gasteiger partial charge on any atom is 0.417 e. The quantitative estimate of drug-likeness (QED) is 0.450. The molecule has 1 aliphatic rings. The van der Waals surface area contributed by atoms with Gasteiger partial charge in [-0.05, 0) is 60.2 Å². The molecule has 1 fully saturated rings. The van der Waals surface area contributed by atoms with Crippen molar-refractivity contribution in [3.63, 3.8) is 0 Å². The first-order valence-electron chi connectivity index (χ1n) is 7.49. The summed E-state index contributed by atoms with van der Waals surface area (Å²) in [4.78, 5) is 26.0. The molecule has 0 aliphatic carbocycles. The van der Waals surface area contributed by atoms with Crippen LogP contribution in [-0.2, 0) is 11.0 Å². The highest BCUT2D eigenvalue weighted by Gasteiger charge is 2.40. The highest BCUT2D eigenvalue weighted by atomic mass is 79.9. The second kappa shape index (κ2) is 7.33. The molecule has 9 heteroatoms. The first kappa shape index (κ1) is 20.0. The Morgan fingerprint density at radius 2 is 1.74 bits per heavy atom. The van der Waals surface area contributed by atoms with E-state index in [1.807, 2.05) is 0 Å². The Morgan fingerprint density at radius 1 is 1.11 bits per heavy atom. The van der Waals surface area contributed by atoms with Gasteiger partial charge in [0.05, 0.1) is 21.2 Å². The van der Waals surface area contributed by atoms with Crippen LogP contribution in [0.4, 0.5) is 23.7 Å². The molecule has 0 radical (unpaired) electrons. The Kier molecular flexibility index (Phi) is 5.42. The van der Waals surface area contributed by atoms with Gasteiger partial charge in [0, 0.05) is 4.47 Å². The number of benzene rings is 2. The van der Waals surface area contributed by atoms with Crippen LogP contribution < -0.4 is 4.90 Å². The van der Waals surface area contributed by atoms with Gasteiger partial charge in [-0.15, -0.1) is 0 Å². The van der Waals surface area contributed by atoms with Crippen LogP contribution in [-0.4, -0.2) is 11.1 Å². The molecule has 0 saturated carbocycles. The van der Waals surface area contributed by atoms with Gasteiger partial charge in [-0.2, -0.15) is 13.2 Å². The van der Waals surface area contributed by atoms with Crippen LogP contribution in [0.25, 0.3) is 5.57 Å². The average Bonchev–Trinajstić information content (AvgIpc) is 2.89. The van der Waals surface area contributed by atoms with Gasteiger partial charge in [0.2, 0.25) is 0 Å². The molecule has 2 aromatic carbocycles. The molecular weight excluding hydrogens is 467 g/mol. The summed E-state index contributed by atoms with van der Waals surface area (Å²) in [5, 5.41) is -1.17. The number of imide groups is 1. The molecule has 140 valence electrons. The number of anilines is 1. The lowest BCUT2D eigenvalue weighted by molar-refractivity contribution is -0.137. The molecule has 0 atom stereocenters. The van der Waals surface area contributed by atoms with Crippen molar-refractivity contribution in [2.75, 3.05) is 4.90 Å². The molecule has 0 unspecified atom stereocenters. The third-order valence-corrected chi connectivity index (χ3v) is 5.80. The van der Waals surface area contributed by atoms with Crippen LogP contribution in [0.3, 0.4) is 0 Å². The number of rotatable bonds is 2. The number of nitrogens with zero attached hydrogens (tertiary/aromatic N) is 1. The van der Waals surface area contributed by atoms with E-state index in [4.69, 9.17) is 11.6 Å². The molecule has 3 rings (SSSR count). The minimum absolute atomic E-state index is 0.172. The van der Waals surface area contributed by atoms with Crippen LogP contribution in [0.1, 0.15) is 18.1 Å². The lowest BCUT2D eigenvalue weighted by Gasteiger charge is -2.16. The second-order valence-corrected chi connectivity index (χ2v) is 7.92. The van der Waals surface area contributed by atoms with Gasteiger partial charge >= 0.3 is 6.18 Å². The van der Waals surface area contributed by atoms with E-state index < -0.39 is 27.9 Å². The van der Waals surface area contributed by atoms with Crippen LogP contribution in [0, 0.1) is 0 Å². The summed E-state index contributed by atoms with van der Waals surface area (Å²) in [5.41, 5.74) is 0.0244. The van der Waals surface area contributed by atoms with Crippen molar-refractivity contribution in [3.8, 4) is 0 Å². The smallest absolute Gasteiger partial charge is 0.268 e. The molecule has 3 nitrogen and oxygen atoms in total. The molecule has 0 bridgehead atoms. The Bertz CT molecular complexity index is 974. The first-order chi connectivity index (χ1) is 12.6. The number of allylic oxidation sites excluding steroid dienone is 1. The van der Waals surface area contributed by atoms with E-state index in [-0.39, 0.29) is 10.6 Å². The topological polar surface area (TPSA) is 37.4 Å². The van der Waals surface area contributed by atoms with Crippen molar-refractivity contribution in [2.45, 2.75) is 13.1 Å². The Hall–Kier alpha value is -1.77. The number of carbonyl (C=O) groups excluding carboxylic acids is 2. The third-order valence-electron chi connectivity index (χ3n) is 3.90. The van der Waals surface area contributed by atoms with Crippen molar-refractivity contribution in [2.24, 2.45) is 0 Å². The minimum Gasteiger partial charge on any atom is -0.268 e. The number of hydrogen-bond donors (Lipinski definition) is 0. The maximum atomic E-state index is 13.1. The second-order valence-electron chi connectivity index (χ2n) is 5.63. The number of halogens is 5. The van der Waals surface area contributed by atoms with Crippen molar-refractivity contribution in [1.29, 1.82) is 0 Å². The fourth-order valence-electron chi connectivity index (χ4n) is 2.52. The van der Waals surface area contributed by atoms with Gasteiger partial charge in [0.25, 0.3) is 11.1 Å². The molecule has 1 aliphatic heterocycles. The Labute approximate surface area is 170 Å². The normalized spacial score (nSPS) is 16.9. The lowest BCUT2D eigenvalue weighted by atomic mass is 10.1. The van der Waals surface area contributed by atoms with Crippen LogP contribution >= 0.6 is 39.3 Å². The molecular formula is C18H10BrClF3NO2S. The van der Waals surface area contributed by atoms with Gasteiger partial charge in [-0.3, -0.25) is 9.59 Å². The highest BCUT2D eigenvalue weighted by molar-refractivity contribution is 9.10. The van der Waals surface area contributed by atoms with E-state index >= 15 is 0 Å². The number of alkyl halides is 3. The Balaban J connectivity index is 2.02. The molecule has 0 N–H and O–H groups in total. The predicted molar refractivity (Wildman–Crippen MR) is 104 cm³/mol. The average molecular weight is 477 g/mol. The van der Waals surface area contributed by atoms with E-state index in [2.05, 4.69) is 15.9 Å². The van der Waals surface area contributed by atoms with E-state index in [0.717, 1.165) is 21.0 Å². The molecule has 2 amide bonds. The van der Waals surface area contributed by atoms with Gasteiger partial charge in [0.1, 0.15) is 0 Å². The minimum atomic E-state index is -4.70. The first-order valence-corrected chi connectivity index (χ1v) is 9.48. The van der Waals surface area contributed by atoms with Crippen LogP contribution in [0.15, 0.2) is 51.8 Å². The van der Waals surface area contributed by atoms with E-state index in [1.165, 1.54) is 6.07 Å². The zero-order valence-corrected chi connectivity index (χ0v) is 16.8. The number of thioether (sulfide) groups is 1. The maximum absolute atomic E-state index is 13.1. The van der Waals surface area contributed by atoms with Gasteiger partial charge < -0.3 is 0 Å². The molecule has 0 spiro atoms. The summed E-state index contributed by atoms with van der Waals surface area (Å²) >= 11 is 9.61. The monoisotopic (exact) mass is 475 g/mol. The predicted octanol–water partition coefficient (Wildman–Crippen LogP) is 6.75. The number of carbonyl (C=O) groups is 2. The van der Waals surface area contributed by atoms with Crippen molar-refractivity contribution < 1.29 is 22.8 Å². The summed E-state index contributed by atoms with van der Waals surface area (Å²) in [5.74, 6) is -0.666. The standard InChI is InChI=1S/C18H10BrClF3NO2S/c1-9(10-2-4-11(19)5-3-10)15-16(25)24(17(26)27-15)12-6-7-14(20)13(8-12)18(21,22)23/h2-8H,1H3/b15-9-. The zero-order chi connectivity index (χ0) is 19.9. The molecule has 27 heavy (non-hydrogen) atoms. The largest absolute Gasteiger partial charge is 0.417 e. The summed E-state index contributed by atoms with van der Waals surface area (Å²) in [6.45, 7) is 1.68. The summed E-state index contributed by atoms with van der Waals surface area (Å²) in [6.07, 6.45) is -4.70. The Morgan fingerprint density at radius 3 is 2.33 bits per heavy atom. The van der Waals surface area contributed by atoms with Crippen molar-refractivity contribution >= 4 is 61.7 Å². The van der Waals surface area contributed by atoms with E-state index in [0.29, 0.717) is 23.4 Å². The van der Waals surface area contributed by atoms with Crippen LogP contribution in [0.2, 0.25) is 5.02 Å². The highest BCUT2D eigenvalue weighted by Crippen LogP contribution is 2.42. The van der Waals surface area contributed by atoms with Crippen molar-refractivity contribution in [3.05, 3.63) is 68.0 Å². The summed E-state index contributed by atoms with van der Waals surface area (Å²) in [6, 6.07) is 10.1. The number of amides is 2.